The van der Waals surface area contributed by atoms with Crippen LogP contribution in [0, 0.1) is 0 Å². The van der Waals surface area contributed by atoms with Crippen molar-refractivity contribution in [1.29, 1.82) is 0 Å². The van der Waals surface area contributed by atoms with Crippen LogP contribution in [-0.2, 0) is 0 Å². The monoisotopic (exact) mass is 471 g/mol. The first-order chi connectivity index (χ1) is 13.5. The van der Waals surface area contributed by atoms with Crippen molar-refractivity contribution in [3.8, 4) is 17.0 Å². The molecule has 1 aromatic heterocycles. The summed E-state index contributed by atoms with van der Waals surface area (Å²) in [5, 5.41) is 1.22. The second kappa shape index (κ2) is 7.92. The van der Waals surface area contributed by atoms with Crippen LogP contribution in [0.1, 0.15) is 10.4 Å². The molecule has 0 aliphatic rings. The van der Waals surface area contributed by atoms with E-state index in [1.807, 2.05) is 48.5 Å². The summed E-state index contributed by atoms with van der Waals surface area (Å²) >= 11 is 15.6. The third-order valence-electron chi connectivity index (χ3n) is 4.19. The maximum atomic E-state index is 13.0. The molecule has 0 radical (unpaired) electrons. The number of esters is 1. The molecule has 1 heterocycles. The summed E-state index contributed by atoms with van der Waals surface area (Å²) < 4.78 is 6.50. The van der Waals surface area contributed by atoms with Gasteiger partial charge in [0.1, 0.15) is 5.02 Å². The maximum absolute atomic E-state index is 13.0. The number of benzene rings is 3. The zero-order valence-corrected chi connectivity index (χ0v) is 17.4. The van der Waals surface area contributed by atoms with Gasteiger partial charge in [-0.3, -0.25) is 0 Å². The van der Waals surface area contributed by atoms with Crippen molar-refractivity contribution in [2.75, 3.05) is 0 Å². The highest BCUT2D eigenvalue weighted by atomic mass is 79.9. The number of aromatic nitrogens is 1. The van der Waals surface area contributed by atoms with Gasteiger partial charge in [0.15, 0.2) is 5.75 Å². The molecule has 0 aliphatic carbocycles. The largest absolute Gasteiger partial charge is 0.421 e. The van der Waals surface area contributed by atoms with Crippen LogP contribution in [0.2, 0.25) is 10.0 Å². The van der Waals surface area contributed by atoms with Gasteiger partial charge in [0.25, 0.3) is 0 Å². The molecule has 0 saturated heterocycles. The molecule has 138 valence electrons. The standard InChI is InChI=1S/C22H12BrCl2NO2/c23-14-10-8-13(9-11-14)19-12-16(15-4-1-2-6-18(15)26-19)22(27)28-20-7-3-5-17(24)21(20)25/h1-12H. The molecule has 0 amide bonds. The number of ether oxygens (including phenoxy) is 1. The average molecular weight is 473 g/mol. The fraction of sp³-hybridized carbons (Fsp3) is 0. The molecular formula is C22H12BrCl2NO2. The Morgan fingerprint density at radius 3 is 2.46 bits per heavy atom. The van der Waals surface area contributed by atoms with Crippen LogP contribution in [0.5, 0.6) is 5.75 Å². The SMILES string of the molecule is O=C(Oc1cccc(Cl)c1Cl)c1cc(-c2ccc(Br)cc2)nc2ccccc12. The zero-order chi connectivity index (χ0) is 19.7. The highest BCUT2D eigenvalue weighted by molar-refractivity contribution is 9.10. The summed E-state index contributed by atoms with van der Waals surface area (Å²) in [5.74, 6) is -0.314. The van der Waals surface area contributed by atoms with Crippen LogP contribution >= 0.6 is 39.1 Å². The van der Waals surface area contributed by atoms with E-state index in [0.29, 0.717) is 27.2 Å². The minimum absolute atomic E-state index is 0.198. The van der Waals surface area contributed by atoms with E-state index in [-0.39, 0.29) is 10.8 Å². The van der Waals surface area contributed by atoms with Crippen molar-refractivity contribution in [2.24, 2.45) is 0 Å². The number of carbonyl (C=O) groups excluding carboxylic acids is 1. The van der Waals surface area contributed by atoms with E-state index in [9.17, 15) is 4.79 Å². The van der Waals surface area contributed by atoms with E-state index in [1.54, 1.807) is 24.3 Å². The molecule has 0 spiro atoms. The lowest BCUT2D eigenvalue weighted by Crippen LogP contribution is -2.10. The quantitative estimate of drug-likeness (QED) is 0.234. The van der Waals surface area contributed by atoms with Crippen LogP contribution in [0.3, 0.4) is 0 Å². The normalized spacial score (nSPS) is 10.8. The number of pyridine rings is 1. The molecule has 4 aromatic rings. The van der Waals surface area contributed by atoms with E-state index in [2.05, 4.69) is 20.9 Å². The van der Waals surface area contributed by atoms with Gasteiger partial charge in [-0.25, -0.2) is 9.78 Å². The molecule has 0 N–H and O–H groups in total. The van der Waals surface area contributed by atoms with E-state index >= 15 is 0 Å². The lowest BCUT2D eigenvalue weighted by Gasteiger charge is -2.11. The lowest BCUT2D eigenvalue weighted by molar-refractivity contribution is 0.0737. The number of fused-ring (bicyclic) bond motifs is 1. The average Bonchev–Trinajstić information content (AvgIpc) is 2.71. The van der Waals surface area contributed by atoms with Crippen LogP contribution in [0.15, 0.2) is 77.3 Å². The summed E-state index contributed by atoms with van der Waals surface area (Å²) in [6.07, 6.45) is 0. The van der Waals surface area contributed by atoms with Crippen molar-refractivity contribution in [3.05, 3.63) is 92.9 Å². The van der Waals surface area contributed by atoms with Crippen molar-refractivity contribution < 1.29 is 9.53 Å². The van der Waals surface area contributed by atoms with E-state index in [4.69, 9.17) is 27.9 Å². The van der Waals surface area contributed by atoms with Crippen molar-refractivity contribution in [3.63, 3.8) is 0 Å². The highest BCUT2D eigenvalue weighted by Crippen LogP contribution is 2.33. The van der Waals surface area contributed by atoms with Gasteiger partial charge in [0.05, 0.1) is 21.8 Å². The smallest absolute Gasteiger partial charge is 0.344 e. The molecule has 6 heteroatoms. The predicted molar refractivity (Wildman–Crippen MR) is 116 cm³/mol. The summed E-state index contributed by atoms with van der Waals surface area (Å²) in [6, 6.07) is 21.8. The third kappa shape index (κ3) is 3.76. The first-order valence-corrected chi connectivity index (χ1v) is 9.90. The predicted octanol–water partition coefficient (Wildman–Crippen LogP) is 7.19. The molecular weight excluding hydrogens is 461 g/mol. The van der Waals surface area contributed by atoms with Crippen LogP contribution in [0.4, 0.5) is 0 Å². The molecule has 0 fully saturated rings. The molecule has 3 aromatic carbocycles. The summed E-state index contributed by atoms with van der Waals surface area (Å²) in [5.41, 5.74) is 2.67. The molecule has 0 saturated carbocycles. The number of hydrogen-bond acceptors (Lipinski definition) is 3. The second-order valence-electron chi connectivity index (χ2n) is 6.02. The fourth-order valence-corrected chi connectivity index (χ4v) is 3.43. The Labute approximate surface area is 180 Å². The van der Waals surface area contributed by atoms with E-state index in [1.165, 1.54) is 0 Å². The Morgan fingerprint density at radius 1 is 0.929 bits per heavy atom. The summed E-state index contributed by atoms with van der Waals surface area (Å²) in [4.78, 5) is 17.7. The second-order valence-corrected chi connectivity index (χ2v) is 7.72. The van der Waals surface area contributed by atoms with E-state index < -0.39 is 5.97 Å². The molecule has 0 unspecified atom stereocenters. The van der Waals surface area contributed by atoms with Crippen molar-refractivity contribution in [1.82, 2.24) is 4.98 Å². The number of carbonyl (C=O) groups is 1. The molecule has 0 aliphatic heterocycles. The minimum Gasteiger partial charge on any atom is -0.421 e. The van der Waals surface area contributed by atoms with Gasteiger partial charge in [0.2, 0.25) is 0 Å². The van der Waals surface area contributed by atoms with Crippen molar-refractivity contribution in [2.45, 2.75) is 0 Å². The van der Waals surface area contributed by atoms with Gasteiger partial charge < -0.3 is 4.74 Å². The molecule has 0 atom stereocenters. The molecule has 3 nitrogen and oxygen atoms in total. The first-order valence-electron chi connectivity index (χ1n) is 8.35. The fourth-order valence-electron chi connectivity index (χ4n) is 2.83. The van der Waals surface area contributed by atoms with Gasteiger partial charge in [-0.2, -0.15) is 0 Å². The van der Waals surface area contributed by atoms with Gasteiger partial charge >= 0.3 is 5.97 Å². The third-order valence-corrected chi connectivity index (χ3v) is 5.53. The van der Waals surface area contributed by atoms with Crippen LogP contribution in [0.25, 0.3) is 22.2 Å². The lowest BCUT2D eigenvalue weighted by atomic mass is 10.0. The zero-order valence-electron chi connectivity index (χ0n) is 14.3. The molecule has 28 heavy (non-hydrogen) atoms. The summed E-state index contributed by atoms with van der Waals surface area (Å²) in [6.45, 7) is 0. The first kappa shape index (κ1) is 18.9. The van der Waals surface area contributed by atoms with Crippen LogP contribution < -0.4 is 4.74 Å². The van der Waals surface area contributed by atoms with Crippen LogP contribution in [-0.4, -0.2) is 11.0 Å². The van der Waals surface area contributed by atoms with Crippen molar-refractivity contribution >= 4 is 56.0 Å². The topological polar surface area (TPSA) is 39.2 Å². The Morgan fingerprint density at radius 2 is 1.68 bits per heavy atom. The Balaban J connectivity index is 1.81. The van der Waals surface area contributed by atoms with Gasteiger partial charge in [0, 0.05) is 15.4 Å². The Bertz CT molecular complexity index is 1190. The highest BCUT2D eigenvalue weighted by Gasteiger charge is 2.18. The molecule has 0 bridgehead atoms. The van der Waals surface area contributed by atoms with Gasteiger partial charge in [-0.15, -0.1) is 0 Å². The number of rotatable bonds is 3. The number of para-hydroxylation sites is 1. The number of halogens is 3. The summed E-state index contributed by atoms with van der Waals surface area (Å²) in [7, 11) is 0. The molecule has 4 rings (SSSR count). The number of hydrogen-bond donors (Lipinski definition) is 0. The van der Waals surface area contributed by atoms with Gasteiger partial charge in [-0.05, 0) is 36.4 Å². The van der Waals surface area contributed by atoms with Gasteiger partial charge in [-0.1, -0.05) is 75.5 Å². The van der Waals surface area contributed by atoms with E-state index in [0.717, 1.165) is 10.0 Å². The Hall–Kier alpha value is -2.40. The number of nitrogens with zero attached hydrogens (tertiary/aromatic N) is 1. The maximum Gasteiger partial charge on any atom is 0.344 e. The Kier molecular flexibility index (Phi) is 5.36. The minimum atomic E-state index is -0.527.